The highest BCUT2D eigenvalue weighted by atomic mass is 32.2. The monoisotopic (exact) mass is 707 g/mol. The molecule has 1 unspecified atom stereocenters. The number of benzene rings is 3. The van der Waals surface area contributed by atoms with Gasteiger partial charge in [-0.15, -0.1) is 16.5 Å². The summed E-state index contributed by atoms with van der Waals surface area (Å²) in [6.07, 6.45) is -0.462. The van der Waals surface area contributed by atoms with Crippen molar-refractivity contribution < 1.29 is 43.0 Å². The molecule has 10 nitrogen and oxygen atoms in total. The second-order valence-corrected chi connectivity index (χ2v) is 16.1. The Morgan fingerprint density at radius 3 is 1.69 bits per heavy atom. The number of thioether (sulfide) groups is 1. The molecule has 0 aliphatic carbocycles. The highest BCUT2D eigenvalue weighted by Crippen LogP contribution is 2.40. The molecule has 49 heavy (non-hydrogen) atoms. The minimum atomic E-state index is -1.58. The Bertz CT molecular complexity index is 1570. The van der Waals surface area contributed by atoms with Crippen LogP contribution in [0.2, 0.25) is 0 Å². The maximum atomic E-state index is 13.8. The lowest BCUT2D eigenvalue weighted by Crippen LogP contribution is -2.66. The van der Waals surface area contributed by atoms with Crippen LogP contribution < -0.4 is 4.72 Å². The number of carbonyl (C=O) groups is 3. The molecule has 1 fully saturated rings. The molecule has 0 saturated carbocycles. The average molecular weight is 708 g/mol. The predicted molar refractivity (Wildman–Crippen MR) is 187 cm³/mol. The first-order valence-corrected chi connectivity index (χ1v) is 18.2. The maximum Gasteiger partial charge on any atom is 0.338 e. The van der Waals surface area contributed by atoms with Crippen LogP contribution in [0.4, 0.5) is 0 Å². The lowest BCUT2D eigenvalue weighted by Gasteiger charge is -2.47. The molecule has 0 aromatic heterocycles. The molecule has 1 saturated heterocycles. The molecule has 0 radical (unpaired) electrons. The van der Waals surface area contributed by atoms with Crippen molar-refractivity contribution in [2.75, 3.05) is 6.61 Å². The number of esters is 3. The predicted octanol–water partition coefficient (Wildman–Crippen LogP) is 5.25. The molecule has 2 heterocycles. The van der Waals surface area contributed by atoms with E-state index in [1.165, 1.54) is 11.8 Å². The molecule has 3 aromatic carbocycles. The molecule has 0 spiro atoms. The number of fused-ring (bicyclic) bond motifs is 2. The fraction of sp³-hybridized carbons (Fsp3) is 0.378. The molecule has 260 valence electrons. The second kappa shape index (κ2) is 16.8. The standard InChI is InChI=1S/C37H41NO9S2/c1-37(2,3)49(43)38-28-22-14-13-21-27(23-39)48-36-32(46-35(42)26-19-11-6-12-20-26)31(45-34(41)25-17-9-5-10-18-25)30(29(28)47-36)44-33(40)24-15-7-4-8-16-24/h4-20,27-32,36,38-39H,21-23H2,1-3H3/t27?,28-,29-,30+,31+,32-,36-,49-/m1/s1. The quantitative estimate of drug-likeness (QED) is 0.130. The van der Waals surface area contributed by atoms with Crippen LogP contribution in [0.5, 0.6) is 0 Å². The van der Waals surface area contributed by atoms with Crippen molar-refractivity contribution in [2.45, 2.75) is 79.5 Å². The number of ether oxygens (including phenoxy) is 4. The number of rotatable bonds is 9. The van der Waals surface area contributed by atoms with E-state index in [4.69, 9.17) is 18.9 Å². The number of hydrogen-bond acceptors (Lipinski definition) is 11. The molecular weight excluding hydrogens is 667 g/mol. The van der Waals surface area contributed by atoms with Crippen LogP contribution in [0.3, 0.4) is 0 Å². The summed E-state index contributed by atoms with van der Waals surface area (Å²) >= 11 is -0.356. The average Bonchev–Trinajstić information content (AvgIpc) is 3.11. The molecule has 2 aliphatic heterocycles. The minimum Gasteiger partial charge on any atom is -0.598 e. The van der Waals surface area contributed by atoms with Crippen LogP contribution in [0.25, 0.3) is 0 Å². The summed E-state index contributed by atoms with van der Waals surface area (Å²) in [7, 11) is 0. The zero-order valence-corrected chi connectivity index (χ0v) is 29.1. The minimum absolute atomic E-state index is 0.213. The Hall–Kier alpha value is -3.65. The zero-order valence-electron chi connectivity index (χ0n) is 27.5. The third-order valence-electron chi connectivity index (χ3n) is 7.99. The zero-order chi connectivity index (χ0) is 35.0. The third kappa shape index (κ3) is 9.53. The van der Waals surface area contributed by atoms with E-state index < -0.39 is 69.9 Å². The number of aliphatic hydroxyl groups is 1. The first kappa shape index (κ1) is 36.6. The molecule has 2 N–H and O–H groups in total. The Morgan fingerprint density at radius 1 is 0.776 bits per heavy atom. The summed E-state index contributed by atoms with van der Waals surface area (Å²) in [5, 5.41) is 9.93. The Labute approximate surface area is 293 Å². The van der Waals surface area contributed by atoms with Crippen molar-refractivity contribution in [3.05, 3.63) is 120 Å². The SMILES string of the molecule is CC(C)(C)[S@@+]([O-])N[C@@H]1CC=CCC(CO)S[C@H]2O[C@H]1[C@H](OC(=O)c1ccccc1)[C@H](OC(=O)c1ccccc1)[C@H]2OC(=O)c1ccccc1. The van der Waals surface area contributed by atoms with Crippen LogP contribution >= 0.6 is 11.8 Å². The summed E-state index contributed by atoms with van der Waals surface area (Å²) < 4.78 is 41.3. The summed E-state index contributed by atoms with van der Waals surface area (Å²) in [6, 6.07) is 24.3. The Morgan fingerprint density at radius 2 is 1.22 bits per heavy atom. The van der Waals surface area contributed by atoms with Gasteiger partial charge in [0, 0.05) is 16.6 Å². The van der Waals surface area contributed by atoms with E-state index in [0.29, 0.717) is 12.8 Å². The summed E-state index contributed by atoms with van der Waals surface area (Å²) in [6.45, 7) is 5.27. The topological polar surface area (TPSA) is 143 Å². The first-order chi connectivity index (χ1) is 23.5. The normalized spacial score (nSPS) is 26.2. The van der Waals surface area contributed by atoms with Gasteiger partial charge in [-0.05, 0) is 70.0 Å². The molecule has 12 heteroatoms. The Kier molecular flexibility index (Phi) is 12.6. The molecule has 8 atom stereocenters. The molecule has 5 rings (SSSR count). The largest absolute Gasteiger partial charge is 0.598 e. The second-order valence-electron chi connectivity index (χ2n) is 12.7. The van der Waals surface area contributed by atoms with Crippen molar-refractivity contribution in [1.29, 1.82) is 0 Å². The molecular formula is C37H41NO9S2. The summed E-state index contributed by atoms with van der Waals surface area (Å²) in [4.78, 5) is 41.1. The molecule has 2 aliphatic rings. The van der Waals surface area contributed by atoms with Gasteiger partial charge in [0.1, 0.15) is 16.3 Å². The van der Waals surface area contributed by atoms with Gasteiger partial charge in [0.15, 0.2) is 18.3 Å². The van der Waals surface area contributed by atoms with E-state index in [9.17, 15) is 24.0 Å². The number of aliphatic hydroxyl groups excluding tert-OH is 1. The van der Waals surface area contributed by atoms with E-state index in [1.807, 2.05) is 32.9 Å². The Balaban J connectivity index is 1.63. The molecule has 3 aromatic rings. The van der Waals surface area contributed by atoms with Gasteiger partial charge in [0.25, 0.3) is 0 Å². The first-order valence-electron chi connectivity index (χ1n) is 16.1. The van der Waals surface area contributed by atoms with Crippen molar-refractivity contribution in [1.82, 2.24) is 4.72 Å². The van der Waals surface area contributed by atoms with Crippen LogP contribution in [0.15, 0.2) is 103 Å². The summed E-state index contributed by atoms with van der Waals surface area (Å²) in [5.74, 6) is -2.15. The molecule has 0 amide bonds. The van der Waals surface area contributed by atoms with Crippen LogP contribution in [-0.2, 0) is 30.3 Å². The fourth-order valence-electron chi connectivity index (χ4n) is 5.38. The van der Waals surface area contributed by atoms with E-state index in [1.54, 1.807) is 91.0 Å². The van der Waals surface area contributed by atoms with Crippen LogP contribution in [0, 0.1) is 0 Å². The number of hydrogen-bond donors (Lipinski definition) is 2. The van der Waals surface area contributed by atoms with Crippen LogP contribution in [0.1, 0.15) is 64.7 Å². The third-order valence-corrected chi connectivity index (χ3v) is 11.0. The van der Waals surface area contributed by atoms with E-state index in [-0.39, 0.29) is 28.5 Å². The maximum absolute atomic E-state index is 13.8. The highest BCUT2D eigenvalue weighted by Gasteiger charge is 2.56. The van der Waals surface area contributed by atoms with Crippen molar-refractivity contribution >= 4 is 41.0 Å². The lowest BCUT2D eigenvalue weighted by atomic mass is 9.92. The van der Waals surface area contributed by atoms with Gasteiger partial charge in [-0.2, -0.15) is 0 Å². The van der Waals surface area contributed by atoms with Gasteiger partial charge in [-0.3, -0.25) is 0 Å². The van der Waals surface area contributed by atoms with Gasteiger partial charge < -0.3 is 28.6 Å². The highest BCUT2D eigenvalue weighted by molar-refractivity contribution is 8.00. The van der Waals surface area contributed by atoms with Gasteiger partial charge in [-0.1, -0.05) is 66.7 Å². The smallest absolute Gasteiger partial charge is 0.338 e. The molecule has 2 bridgehead atoms. The van der Waals surface area contributed by atoms with Gasteiger partial charge >= 0.3 is 17.9 Å². The van der Waals surface area contributed by atoms with Gasteiger partial charge in [-0.25, -0.2) is 14.4 Å². The van der Waals surface area contributed by atoms with Gasteiger partial charge in [0.2, 0.25) is 0 Å². The van der Waals surface area contributed by atoms with Crippen molar-refractivity contribution in [2.24, 2.45) is 0 Å². The lowest BCUT2D eigenvalue weighted by molar-refractivity contribution is -0.205. The fourth-order valence-corrected chi connectivity index (χ4v) is 7.48. The van der Waals surface area contributed by atoms with E-state index >= 15 is 0 Å². The number of carbonyl (C=O) groups excluding carboxylic acids is 3. The van der Waals surface area contributed by atoms with E-state index in [2.05, 4.69) is 4.72 Å². The number of allylic oxidation sites excluding steroid dienone is 1. The van der Waals surface area contributed by atoms with Gasteiger partial charge in [0.05, 0.1) is 29.3 Å². The van der Waals surface area contributed by atoms with E-state index in [0.717, 1.165) is 0 Å². The number of nitrogens with one attached hydrogen (secondary N) is 1. The van der Waals surface area contributed by atoms with Crippen LogP contribution in [-0.4, -0.2) is 80.1 Å². The van der Waals surface area contributed by atoms with Crippen molar-refractivity contribution in [3.8, 4) is 0 Å². The van der Waals surface area contributed by atoms with Crippen molar-refractivity contribution in [3.63, 3.8) is 0 Å². The summed E-state index contributed by atoms with van der Waals surface area (Å²) in [5.41, 5.74) is -0.263.